The standard InChI is InChI=1S/C27H42N6O/c1-17-21(28-18(2)22(29-17)15-32(11)26(5,6)7)13-14-24(34)25-20(4)30-23(19(3)31-25)16-33(12)27(8,9)10/h15-16H,13-14H2,1-12H3/q+2. The molecule has 2 rings (SSSR count). The van der Waals surface area contributed by atoms with Crippen molar-refractivity contribution < 1.29 is 13.9 Å². The molecule has 0 saturated carbocycles. The maximum atomic E-state index is 13.0. The van der Waals surface area contributed by atoms with Crippen molar-refractivity contribution in [1.82, 2.24) is 19.9 Å². The van der Waals surface area contributed by atoms with Gasteiger partial charge in [-0.25, -0.2) is 24.1 Å². The Morgan fingerprint density at radius 1 is 0.706 bits per heavy atom. The molecule has 34 heavy (non-hydrogen) atoms. The molecule has 0 fully saturated rings. The lowest BCUT2D eigenvalue weighted by Crippen LogP contribution is -2.31. The highest BCUT2D eigenvalue weighted by atomic mass is 16.1. The van der Waals surface area contributed by atoms with Gasteiger partial charge in [-0.2, -0.15) is 0 Å². The van der Waals surface area contributed by atoms with Crippen LogP contribution in [-0.4, -0.2) is 72.5 Å². The predicted octanol–water partition coefficient (Wildman–Crippen LogP) is 4.04. The first-order valence-electron chi connectivity index (χ1n) is 11.9. The maximum Gasteiger partial charge on any atom is 0.191 e. The third kappa shape index (κ3) is 6.84. The molecule has 0 saturated heterocycles. The highest BCUT2D eigenvalue weighted by molar-refractivity contribution is 5.95. The number of nitrogens with zero attached hydrogens (tertiary/aromatic N) is 6. The van der Waals surface area contributed by atoms with Crippen molar-refractivity contribution in [2.45, 2.75) is 93.2 Å². The molecule has 7 heteroatoms. The lowest BCUT2D eigenvalue weighted by atomic mass is 10.1. The van der Waals surface area contributed by atoms with E-state index in [-0.39, 0.29) is 16.9 Å². The van der Waals surface area contributed by atoms with E-state index in [0.29, 0.717) is 24.2 Å². The second kappa shape index (κ2) is 10.2. The summed E-state index contributed by atoms with van der Waals surface area (Å²) in [6, 6.07) is 0. The second-order valence-electron chi connectivity index (χ2n) is 11.1. The lowest BCUT2D eigenvalue weighted by molar-refractivity contribution is -0.566. The number of rotatable bonds is 6. The van der Waals surface area contributed by atoms with Crippen LogP contribution in [0.25, 0.3) is 0 Å². The van der Waals surface area contributed by atoms with Crippen molar-refractivity contribution in [3.05, 3.63) is 45.6 Å². The van der Waals surface area contributed by atoms with Crippen molar-refractivity contribution in [2.75, 3.05) is 14.1 Å². The Hall–Kier alpha value is -2.83. The Morgan fingerprint density at radius 2 is 1.15 bits per heavy atom. The first kappa shape index (κ1) is 27.4. The first-order chi connectivity index (χ1) is 15.5. The molecule has 0 unspecified atom stereocenters. The van der Waals surface area contributed by atoms with Gasteiger partial charge in [0.2, 0.25) is 0 Å². The van der Waals surface area contributed by atoms with Crippen LogP contribution in [0.5, 0.6) is 0 Å². The highest BCUT2D eigenvalue weighted by Gasteiger charge is 2.23. The number of aromatic nitrogens is 4. The molecule has 2 heterocycles. The van der Waals surface area contributed by atoms with Gasteiger partial charge in [0, 0.05) is 6.42 Å². The molecule has 0 spiro atoms. The number of Topliss-reactive ketones (excluding diaryl/α,β-unsaturated/α-hetero) is 1. The molecule has 2 aromatic rings. The van der Waals surface area contributed by atoms with Crippen LogP contribution in [0.3, 0.4) is 0 Å². The number of aryl methyl sites for hydroxylation is 5. The molecular weight excluding hydrogens is 424 g/mol. The van der Waals surface area contributed by atoms with Gasteiger partial charge in [-0.05, 0) is 75.7 Å². The minimum atomic E-state index is -0.0248. The van der Waals surface area contributed by atoms with Crippen molar-refractivity contribution in [3.63, 3.8) is 0 Å². The summed E-state index contributed by atoms with van der Waals surface area (Å²) in [5.74, 6) is -0.0224. The van der Waals surface area contributed by atoms with Gasteiger partial charge < -0.3 is 0 Å². The molecule has 2 aromatic heterocycles. The monoisotopic (exact) mass is 466 g/mol. The minimum absolute atomic E-state index is 0.000386. The Balaban J connectivity index is 2.23. The Kier molecular flexibility index (Phi) is 8.22. The van der Waals surface area contributed by atoms with E-state index in [0.717, 1.165) is 34.2 Å². The summed E-state index contributed by atoms with van der Waals surface area (Å²) in [6.07, 6.45) is 4.86. The highest BCUT2D eigenvalue weighted by Crippen LogP contribution is 2.15. The molecule has 0 aliphatic rings. The van der Waals surface area contributed by atoms with E-state index < -0.39 is 0 Å². The smallest absolute Gasteiger partial charge is 0.191 e. The Bertz CT molecular complexity index is 1150. The van der Waals surface area contributed by atoms with Crippen LogP contribution in [0.1, 0.15) is 98.3 Å². The average Bonchev–Trinajstić information content (AvgIpc) is 2.70. The molecule has 0 aromatic carbocycles. The molecule has 0 amide bonds. The van der Waals surface area contributed by atoms with Gasteiger partial charge in [0.25, 0.3) is 0 Å². The predicted molar refractivity (Wildman–Crippen MR) is 138 cm³/mol. The van der Waals surface area contributed by atoms with Gasteiger partial charge >= 0.3 is 0 Å². The van der Waals surface area contributed by atoms with E-state index in [2.05, 4.69) is 60.7 Å². The fourth-order valence-corrected chi connectivity index (χ4v) is 3.14. The number of hydrogen-bond donors (Lipinski definition) is 0. The zero-order chi connectivity index (χ0) is 26.0. The number of hydrogen-bond acceptors (Lipinski definition) is 5. The molecule has 0 radical (unpaired) electrons. The summed E-state index contributed by atoms with van der Waals surface area (Å²) >= 11 is 0. The zero-order valence-corrected chi connectivity index (χ0v) is 23.2. The van der Waals surface area contributed by atoms with Crippen molar-refractivity contribution in [3.8, 4) is 0 Å². The van der Waals surface area contributed by atoms with Crippen LogP contribution in [0.4, 0.5) is 0 Å². The topological polar surface area (TPSA) is 74.7 Å². The van der Waals surface area contributed by atoms with Crippen LogP contribution in [0.15, 0.2) is 0 Å². The maximum absolute atomic E-state index is 13.0. The summed E-state index contributed by atoms with van der Waals surface area (Å²) in [6.45, 7) is 20.5. The SMILES string of the molecule is Cc1nc(CCC(=O)c2nc(C)c(C=[N+](C)C(C)(C)C)nc2C)c(C)nc1C=[N+](C)C(C)(C)C. The fraction of sp³-hybridized carbons (Fsp3) is 0.593. The molecule has 7 nitrogen and oxygen atoms in total. The van der Waals surface area contributed by atoms with E-state index in [1.54, 1.807) is 0 Å². The number of ketones is 1. The van der Waals surface area contributed by atoms with Gasteiger partial charge in [-0.1, -0.05) is 0 Å². The first-order valence-corrected chi connectivity index (χ1v) is 11.9. The van der Waals surface area contributed by atoms with E-state index >= 15 is 0 Å². The average molecular weight is 467 g/mol. The molecule has 0 atom stereocenters. The third-order valence-electron chi connectivity index (χ3n) is 6.26. The van der Waals surface area contributed by atoms with Gasteiger partial charge in [0.15, 0.2) is 29.3 Å². The Morgan fingerprint density at radius 3 is 1.62 bits per heavy atom. The summed E-state index contributed by atoms with van der Waals surface area (Å²) in [5, 5.41) is 0. The molecule has 0 aliphatic carbocycles. The summed E-state index contributed by atoms with van der Waals surface area (Å²) < 4.78 is 4.24. The van der Waals surface area contributed by atoms with Crippen molar-refractivity contribution in [2.24, 2.45) is 0 Å². The molecule has 0 aliphatic heterocycles. The normalized spacial score (nSPS) is 13.4. The molecular formula is C27H42N6O+2. The van der Waals surface area contributed by atoms with Crippen molar-refractivity contribution >= 4 is 18.2 Å². The van der Waals surface area contributed by atoms with Gasteiger partial charge in [-0.3, -0.25) is 9.78 Å². The van der Waals surface area contributed by atoms with Crippen LogP contribution in [0.2, 0.25) is 0 Å². The van der Waals surface area contributed by atoms with Crippen LogP contribution in [0, 0.1) is 27.7 Å². The Labute approximate surface area is 205 Å². The second-order valence-corrected chi connectivity index (χ2v) is 11.1. The number of carbonyl (C=O) groups is 1. The molecule has 184 valence electrons. The van der Waals surface area contributed by atoms with E-state index in [9.17, 15) is 4.79 Å². The van der Waals surface area contributed by atoms with E-state index in [1.807, 2.05) is 54.2 Å². The minimum Gasteiger partial charge on any atom is -0.292 e. The third-order valence-corrected chi connectivity index (χ3v) is 6.26. The quantitative estimate of drug-likeness (QED) is 0.365. The van der Waals surface area contributed by atoms with E-state index in [4.69, 9.17) is 9.97 Å². The van der Waals surface area contributed by atoms with Gasteiger partial charge in [0.05, 0.1) is 28.5 Å². The van der Waals surface area contributed by atoms with Gasteiger partial charge in [-0.15, -0.1) is 0 Å². The van der Waals surface area contributed by atoms with Gasteiger partial charge in [0.1, 0.15) is 31.2 Å². The lowest BCUT2D eigenvalue weighted by Gasteiger charge is -2.15. The largest absolute Gasteiger partial charge is 0.292 e. The van der Waals surface area contributed by atoms with Crippen molar-refractivity contribution in [1.29, 1.82) is 0 Å². The summed E-state index contributed by atoms with van der Waals surface area (Å²) in [5.41, 5.74) is 6.01. The number of carbonyl (C=O) groups excluding carboxylic acids is 1. The molecule has 0 N–H and O–H groups in total. The van der Waals surface area contributed by atoms with E-state index in [1.165, 1.54) is 0 Å². The summed E-state index contributed by atoms with van der Waals surface area (Å²) in [7, 11) is 4.06. The van der Waals surface area contributed by atoms with Crippen LogP contribution >= 0.6 is 0 Å². The molecule has 0 bridgehead atoms. The van der Waals surface area contributed by atoms with Crippen LogP contribution in [-0.2, 0) is 6.42 Å². The summed E-state index contributed by atoms with van der Waals surface area (Å²) in [4.78, 5) is 31.8. The zero-order valence-electron chi connectivity index (χ0n) is 23.2. The van der Waals surface area contributed by atoms with Crippen LogP contribution < -0.4 is 0 Å². The fourth-order valence-electron chi connectivity index (χ4n) is 3.14.